The number of rotatable bonds is 10. The molecule has 182 valence electrons. The van der Waals surface area contributed by atoms with Crippen LogP contribution in [0.1, 0.15) is 27.9 Å². The molecule has 1 N–H and O–H groups in total. The van der Waals surface area contributed by atoms with Crippen LogP contribution in [0.4, 0.5) is 5.69 Å². The van der Waals surface area contributed by atoms with E-state index in [-0.39, 0.29) is 5.91 Å². The molecule has 0 saturated heterocycles. The Labute approximate surface area is 211 Å². The van der Waals surface area contributed by atoms with Gasteiger partial charge in [0.1, 0.15) is 6.04 Å². The number of esters is 1. The van der Waals surface area contributed by atoms with Crippen LogP contribution in [-0.4, -0.2) is 56.1 Å². The highest BCUT2D eigenvalue weighted by Gasteiger charge is 2.23. The van der Waals surface area contributed by atoms with Crippen LogP contribution in [0, 0.1) is 0 Å². The Hall–Kier alpha value is -3.58. The summed E-state index contributed by atoms with van der Waals surface area (Å²) < 4.78 is 4.90. The maximum Gasteiger partial charge on any atom is 0.328 e. The summed E-state index contributed by atoms with van der Waals surface area (Å²) >= 11 is 1.61. The fourth-order valence-electron chi connectivity index (χ4n) is 3.70. The van der Waals surface area contributed by atoms with Crippen LogP contribution in [0.15, 0.2) is 67.0 Å². The highest BCUT2D eigenvalue weighted by atomic mass is 32.2. The second kappa shape index (κ2) is 12.8. The molecule has 0 radical (unpaired) electrons. The summed E-state index contributed by atoms with van der Waals surface area (Å²) in [4.78, 5) is 31.8. The number of benzene rings is 2. The number of thioether (sulfide) groups is 1. The van der Waals surface area contributed by atoms with Gasteiger partial charge in [-0.05, 0) is 53.3 Å². The van der Waals surface area contributed by atoms with Crippen LogP contribution >= 0.6 is 11.8 Å². The number of hydrogen-bond acceptors (Lipinski definition) is 6. The largest absolute Gasteiger partial charge is 0.467 e. The Kier molecular flexibility index (Phi) is 9.49. The first-order chi connectivity index (χ1) is 16.9. The average molecular weight is 490 g/mol. The zero-order valence-corrected chi connectivity index (χ0v) is 21.3. The van der Waals surface area contributed by atoms with Gasteiger partial charge in [0.25, 0.3) is 5.91 Å². The van der Waals surface area contributed by atoms with Crippen LogP contribution < -0.4 is 10.2 Å². The van der Waals surface area contributed by atoms with Crippen molar-refractivity contribution < 1.29 is 14.3 Å². The van der Waals surface area contributed by atoms with Crippen molar-refractivity contribution >= 4 is 41.5 Å². The van der Waals surface area contributed by atoms with E-state index in [2.05, 4.69) is 10.3 Å². The first kappa shape index (κ1) is 26.0. The number of anilines is 1. The van der Waals surface area contributed by atoms with Gasteiger partial charge in [-0.25, -0.2) is 4.79 Å². The molecule has 7 heteroatoms. The molecule has 0 unspecified atom stereocenters. The molecule has 0 aliphatic rings. The van der Waals surface area contributed by atoms with Crippen molar-refractivity contribution in [2.24, 2.45) is 0 Å². The minimum atomic E-state index is -0.696. The third-order valence-corrected chi connectivity index (χ3v) is 6.18. The van der Waals surface area contributed by atoms with E-state index >= 15 is 0 Å². The molecule has 0 bridgehead atoms. The van der Waals surface area contributed by atoms with E-state index in [0.29, 0.717) is 12.0 Å². The van der Waals surface area contributed by atoms with Crippen LogP contribution in [0.3, 0.4) is 0 Å². The van der Waals surface area contributed by atoms with Crippen LogP contribution in [0.25, 0.3) is 23.3 Å². The number of carbonyl (C=O) groups is 2. The summed E-state index contributed by atoms with van der Waals surface area (Å²) in [6.45, 7) is 0. The number of nitrogens with one attached hydrogen (secondary N) is 1. The van der Waals surface area contributed by atoms with Gasteiger partial charge in [0.2, 0.25) is 0 Å². The number of carbonyl (C=O) groups excluding carboxylic acids is 2. The van der Waals surface area contributed by atoms with Crippen molar-refractivity contribution in [2.45, 2.75) is 12.5 Å². The lowest BCUT2D eigenvalue weighted by atomic mass is 9.96. The molecule has 1 heterocycles. The molecule has 3 aromatic rings. The third-order valence-electron chi connectivity index (χ3n) is 5.54. The van der Waals surface area contributed by atoms with Crippen molar-refractivity contribution in [3.8, 4) is 11.1 Å². The molecule has 35 heavy (non-hydrogen) atoms. The minimum Gasteiger partial charge on any atom is -0.467 e. The fraction of sp³-hybridized carbons (Fsp3) is 0.250. The average Bonchev–Trinajstić information content (AvgIpc) is 2.89. The summed E-state index contributed by atoms with van der Waals surface area (Å²) in [6, 6.07) is 16.7. The quantitative estimate of drug-likeness (QED) is 0.404. The zero-order valence-electron chi connectivity index (χ0n) is 20.5. The molecular weight excluding hydrogens is 458 g/mol. The summed E-state index contributed by atoms with van der Waals surface area (Å²) in [5.74, 6) is -0.0158. The number of pyridine rings is 1. The second-order valence-electron chi connectivity index (χ2n) is 8.16. The standard InChI is InChI=1S/C28H31N3O3S/c1-31(2)26-14-16-29-19-22(26)12-10-20-11-13-23(24(18-20)21-8-6-5-7-9-21)27(32)30-25(15-17-35-4)28(33)34-3/h5-14,16,18-19,25H,15,17H2,1-4H3,(H,30,32)/t25-/m0/s1. The lowest BCUT2D eigenvalue weighted by molar-refractivity contribution is -0.142. The topological polar surface area (TPSA) is 71.5 Å². The third kappa shape index (κ3) is 6.96. The molecule has 0 fully saturated rings. The second-order valence-corrected chi connectivity index (χ2v) is 9.15. The molecule has 0 saturated carbocycles. The van der Waals surface area contributed by atoms with Crippen molar-refractivity contribution in [3.63, 3.8) is 0 Å². The number of nitrogens with zero attached hydrogens (tertiary/aromatic N) is 2. The van der Waals surface area contributed by atoms with E-state index in [1.165, 1.54) is 7.11 Å². The maximum atomic E-state index is 13.3. The highest BCUT2D eigenvalue weighted by molar-refractivity contribution is 7.98. The summed E-state index contributed by atoms with van der Waals surface area (Å²) in [5.41, 5.74) is 5.22. The van der Waals surface area contributed by atoms with Gasteiger partial charge in [-0.15, -0.1) is 0 Å². The number of methoxy groups -OCH3 is 1. The molecular formula is C28H31N3O3S. The highest BCUT2D eigenvalue weighted by Crippen LogP contribution is 2.27. The van der Waals surface area contributed by atoms with Crippen molar-refractivity contribution in [3.05, 3.63) is 83.7 Å². The van der Waals surface area contributed by atoms with Gasteiger partial charge >= 0.3 is 5.97 Å². The predicted octanol–water partition coefficient (Wildman–Crippen LogP) is 5.01. The number of hydrogen-bond donors (Lipinski definition) is 1. The first-order valence-electron chi connectivity index (χ1n) is 11.3. The van der Waals surface area contributed by atoms with E-state index in [0.717, 1.165) is 33.7 Å². The predicted molar refractivity (Wildman–Crippen MR) is 146 cm³/mol. The van der Waals surface area contributed by atoms with Crippen molar-refractivity contribution in [1.29, 1.82) is 0 Å². The van der Waals surface area contributed by atoms with Crippen LogP contribution in [0.2, 0.25) is 0 Å². The molecule has 0 aliphatic carbocycles. The molecule has 2 aromatic carbocycles. The summed E-state index contributed by atoms with van der Waals surface area (Å²) in [5, 5.41) is 2.87. The smallest absolute Gasteiger partial charge is 0.328 e. The number of ether oxygens (including phenoxy) is 1. The van der Waals surface area contributed by atoms with Gasteiger partial charge in [-0.1, -0.05) is 48.6 Å². The van der Waals surface area contributed by atoms with E-state index in [1.807, 2.05) is 92.1 Å². The molecule has 1 atom stereocenters. The Morgan fingerprint density at radius 3 is 2.57 bits per heavy atom. The van der Waals surface area contributed by atoms with Gasteiger partial charge in [0.15, 0.2) is 0 Å². The van der Waals surface area contributed by atoms with E-state index < -0.39 is 12.0 Å². The summed E-state index contributed by atoms with van der Waals surface area (Å²) in [7, 11) is 5.32. The maximum absolute atomic E-state index is 13.3. The molecule has 0 spiro atoms. The monoisotopic (exact) mass is 489 g/mol. The Morgan fingerprint density at radius 2 is 1.89 bits per heavy atom. The molecule has 6 nitrogen and oxygen atoms in total. The van der Waals surface area contributed by atoms with Crippen molar-refractivity contribution in [2.75, 3.05) is 38.1 Å². The van der Waals surface area contributed by atoms with Crippen molar-refractivity contribution in [1.82, 2.24) is 10.3 Å². The Bertz CT molecular complexity index is 1180. The van der Waals surface area contributed by atoms with Crippen LogP contribution in [-0.2, 0) is 9.53 Å². The Morgan fingerprint density at radius 1 is 1.11 bits per heavy atom. The fourth-order valence-corrected chi connectivity index (χ4v) is 4.18. The summed E-state index contributed by atoms with van der Waals surface area (Å²) in [6.07, 6.45) is 10.1. The van der Waals surface area contributed by atoms with E-state index in [1.54, 1.807) is 24.0 Å². The number of aromatic nitrogens is 1. The molecule has 0 aliphatic heterocycles. The van der Waals surface area contributed by atoms with Gasteiger partial charge in [-0.3, -0.25) is 9.78 Å². The van der Waals surface area contributed by atoms with Gasteiger partial charge < -0.3 is 15.0 Å². The molecule has 1 amide bonds. The van der Waals surface area contributed by atoms with E-state index in [9.17, 15) is 9.59 Å². The first-order valence-corrected chi connectivity index (χ1v) is 12.7. The normalized spacial score (nSPS) is 11.8. The van der Waals surface area contributed by atoms with Gasteiger partial charge in [0, 0.05) is 43.3 Å². The van der Waals surface area contributed by atoms with Gasteiger partial charge in [-0.2, -0.15) is 11.8 Å². The van der Waals surface area contributed by atoms with E-state index in [4.69, 9.17) is 4.74 Å². The van der Waals surface area contributed by atoms with Gasteiger partial charge in [0.05, 0.1) is 7.11 Å². The SMILES string of the molecule is COC(=O)[C@H](CCSC)NC(=O)c1ccc(C=Cc2cnccc2N(C)C)cc1-c1ccccc1. The Balaban J connectivity index is 1.96. The van der Waals surface area contributed by atoms with Crippen LogP contribution in [0.5, 0.6) is 0 Å². The molecule has 1 aromatic heterocycles. The lowest BCUT2D eigenvalue weighted by Gasteiger charge is -2.18. The molecule has 3 rings (SSSR count). The minimum absolute atomic E-state index is 0.307. The number of amides is 1. The zero-order chi connectivity index (χ0) is 25.2. The lowest BCUT2D eigenvalue weighted by Crippen LogP contribution is -2.42.